The lowest BCUT2D eigenvalue weighted by molar-refractivity contribution is 0.557. The number of nitrogens with zero attached hydrogens (tertiary/aromatic N) is 1. The average Bonchev–Trinajstić information content (AvgIpc) is 2.67. The third kappa shape index (κ3) is 1.38. The minimum Gasteiger partial charge on any atom is -0.446 e. The van der Waals surface area contributed by atoms with Crippen molar-refractivity contribution in [3.05, 3.63) is 48.0 Å². The highest BCUT2D eigenvalue weighted by Crippen LogP contribution is 2.24. The number of halogens is 1. The van der Waals surface area contributed by atoms with Crippen LogP contribution in [0.1, 0.15) is 5.76 Å². The van der Waals surface area contributed by atoms with Crippen LogP contribution in [0.4, 0.5) is 4.39 Å². The van der Waals surface area contributed by atoms with E-state index in [0.29, 0.717) is 11.3 Å². The van der Waals surface area contributed by atoms with E-state index in [0.717, 1.165) is 0 Å². The van der Waals surface area contributed by atoms with E-state index in [1.54, 1.807) is 24.3 Å². The first kappa shape index (κ1) is 8.52. The first-order valence-corrected chi connectivity index (χ1v) is 4.06. The van der Waals surface area contributed by atoms with Crippen molar-refractivity contribution in [2.75, 3.05) is 0 Å². The van der Waals surface area contributed by atoms with Gasteiger partial charge in [-0.2, -0.15) is 5.26 Å². The van der Waals surface area contributed by atoms with E-state index < -0.39 is 0 Å². The molecule has 0 aliphatic heterocycles. The smallest absolute Gasteiger partial charge is 0.204 e. The molecule has 0 saturated heterocycles. The molecule has 0 saturated carbocycles. The maximum atomic E-state index is 13.2. The van der Waals surface area contributed by atoms with E-state index in [4.69, 9.17) is 9.68 Å². The van der Waals surface area contributed by atoms with Gasteiger partial charge in [-0.25, -0.2) is 4.39 Å². The minimum atomic E-state index is -0.355. The Morgan fingerprint density at radius 1 is 1.14 bits per heavy atom. The Kier molecular flexibility index (Phi) is 2.04. The van der Waals surface area contributed by atoms with E-state index in [2.05, 4.69) is 0 Å². The summed E-state index contributed by atoms with van der Waals surface area (Å²) in [5.41, 5.74) is 0.369. The molecule has 0 N–H and O–H groups in total. The largest absolute Gasteiger partial charge is 0.446 e. The van der Waals surface area contributed by atoms with E-state index in [-0.39, 0.29) is 11.6 Å². The number of nitriles is 1. The van der Waals surface area contributed by atoms with Crippen LogP contribution in [0, 0.1) is 17.1 Å². The molecule has 1 aromatic heterocycles. The van der Waals surface area contributed by atoms with Crippen LogP contribution in [0.25, 0.3) is 11.3 Å². The molecule has 0 amide bonds. The van der Waals surface area contributed by atoms with E-state index in [9.17, 15) is 4.39 Å². The van der Waals surface area contributed by atoms with Crippen molar-refractivity contribution >= 4 is 0 Å². The molecule has 68 valence electrons. The predicted octanol–water partition coefficient (Wildman–Crippen LogP) is 2.96. The molecular weight excluding hydrogens is 181 g/mol. The van der Waals surface area contributed by atoms with Crippen molar-refractivity contribution in [1.29, 1.82) is 5.26 Å². The fourth-order valence-electron chi connectivity index (χ4n) is 1.20. The summed E-state index contributed by atoms with van der Waals surface area (Å²) < 4.78 is 18.3. The molecule has 0 radical (unpaired) electrons. The maximum Gasteiger partial charge on any atom is 0.204 e. The van der Waals surface area contributed by atoms with Gasteiger partial charge in [0, 0.05) is 0 Å². The van der Waals surface area contributed by atoms with Gasteiger partial charge >= 0.3 is 0 Å². The SMILES string of the molecule is N#Cc1ccc(-c2ccccc2F)o1. The third-order valence-electron chi connectivity index (χ3n) is 1.86. The van der Waals surface area contributed by atoms with Gasteiger partial charge in [0.2, 0.25) is 5.76 Å². The van der Waals surface area contributed by atoms with Crippen LogP contribution in [0.3, 0.4) is 0 Å². The fraction of sp³-hybridized carbons (Fsp3) is 0. The van der Waals surface area contributed by atoms with Crippen LogP contribution in [-0.2, 0) is 0 Å². The second-order valence-electron chi connectivity index (χ2n) is 2.76. The van der Waals surface area contributed by atoms with Gasteiger partial charge in [0.25, 0.3) is 0 Å². The summed E-state index contributed by atoms with van der Waals surface area (Å²) in [7, 11) is 0. The summed E-state index contributed by atoms with van der Waals surface area (Å²) in [6.45, 7) is 0. The zero-order valence-corrected chi connectivity index (χ0v) is 7.20. The van der Waals surface area contributed by atoms with Crippen molar-refractivity contribution in [2.24, 2.45) is 0 Å². The van der Waals surface area contributed by atoms with Crippen LogP contribution in [0.2, 0.25) is 0 Å². The third-order valence-corrected chi connectivity index (χ3v) is 1.86. The highest BCUT2D eigenvalue weighted by Gasteiger charge is 2.07. The van der Waals surface area contributed by atoms with Gasteiger partial charge in [0.1, 0.15) is 17.6 Å². The maximum absolute atomic E-state index is 13.2. The second kappa shape index (κ2) is 3.35. The molecule has 2 rings (SSSR count). The quantitative estimate of drug-likeness (QED) is 0.688. The Bertz CT molecular complexity index is 496. The molecule has 0 aliphatic carbocycles. The lowest BCUT2D eigenvalue weighted by Gasteiger charge is -1.96. The van der Waals surface area contributed by atoms with Crippen LogP contribution < -0.4 is 0 Å². The van der Waals surface area contributed by atoms with Gasteiger partial charge in [-0.05, 0) is 24.3 Å². The number of rotatable bonds is 1. The molecule has 0 bridgehead atoms. The molecule has 0 aliphatic rings. The van der Waals surface area contributed by atoms with Crippen molar-refractivity contribution in [3.8, 4) is 17.4 Å². The van der Waals surface area contributed by atoms with Gasteiger partial charge < -0.3 is 4.42 Å². The van der Waals surface area contributed by atoms with Gasteiger partial charge in [-0.1, -0.05) is 12.1 Å². The summed E-state index contributed by atoms with van der Waals surface area (Å²) in [6.07, 6.45) is 0. The molecule has 3 heteroatoms. The summed E-state index contributed by atoms with van der Waals surface area (Å²) in [5.74, 6) is 0.203. The van der Waals surface area contributed by atoms with Crippen molar-refractivity contribution < 1.29 is 8.81 Å². The summed E-state index contributed by atoms with van der Waals surface area (Å²) in [5, 5.41) is 8.53. The number of furan rings is 1. The van der Waals surface area contributed by atoms with Crippen LogP contribution >= 0.6 is 0 Å². The molecule has 1 heterocycles. The highest BCUT2D eigenvalue weighted by atomic mass is 19.1. The van der Waals surface area contributed by atoms with Gasteiger partial charge in [0.15, 0.2) is 0 Å². The number of benzene rings is 1. The molecule has 0 unspecified atom stereocenters. The molecule has 0 fully saturated rings. The van der Waals surface area contributed by atoms with Crippen molar-refractivity contribution in [3.63, 3.8) is 0 Å². The summed E-state index contributed by atoms with van der Waals surface area (Å²) >= 11 is 0. The standard InChI is InChI=1S/C11H6FNO/c12-10-4-2-1-3-9(10)11-6-5-8(7-13)14-11/h1-6H. The summed E-state index contributed by atoms with van der Waals surface area (Å²) in [6, 6.07) is 11.2. The van der Waals surface area contributed by atoms with Crippen LogP contribution in [0.15, 0.2) is 40.8 Å². The van der Waals surface area contributed by atoms with E-state index >= 15 is 0 Å². The Labute approximate surface area is 80.2 Å². The zero-order chi connectivity index (χ0) is 9.97. The lowest BCUT2D eigenvalue weighted by atomic mass is 10.1. The summed E-state index contributed by atoms with van der Waals surface area (Å²) in [4.78, 5) is 0. The van der Waals surface area contributed by atoms with Crippen LogP contribution in [0.5, 0.6) is 0 Å². The second-order valence-corrected chi connectivity index (χ2v) is 2.76. The minimum absolute atomic E-state index is 0.184. The highest BCUT2D eigenvalue weighted by molar-refractivity contribution is 5.58. The molecule has 0 atom stereocenters. The zero-order valence-electron chi connectivity index (χ0n) is 7.20. The first-order chi connectivity index (χ1) is 6.81. The Morgan fingerprint density at radius 3 is 2.57 bits per heavy atom. The van der Waals surface area contributed by atoms with Crippen molar-refractivity contribution in [2.45, 2.75) is 0 Å². The topological polar surface area (TPSA) is 36.9 Å². The molecule has 14 heavy (non-hydrogen) atoms. The monoisotopic (exact) mass is 187 g/mol. The Balaban J connectivity index is 2.51. The predicted molar refractivity (Wildman–Crippen MR) is 48.8 cm³/mol. The molecule has 2 nitrogen and oxygen atoms in total. The van der Waals surface area contributed by atoms with Crippen molar-refractivity contribution in [1.82, 2.24) is 0 Å². The van der Waals surface area contributed by atoms with Gasteiger partial charge in [-0.15, -0.1) is 0 Å². The molecule has 0 spiro atoms. The average molecular weight is 187 g/mol. The fourth-order valence-corrected chi connectivity index (χ4v) is 1.20. The Hall–Kier alpha value is -2.08. The molecule has 1 aromatic carbocycles. The van der Waals surface area contributed by atoms with E-state index in [1.165, 1.54) is 12.1 Å². The first-order valence-electron chi connectivity index (χ1n) is 4.06. The molecular formula is C11H6FNO. The molecule has 2 aromatic rings. The number of hydrogen-bond acceptors (Lipinski definition) is 2. The van der Waals surface area contributed by atoms with Gasteiger partial charge in [-0.3, -0.25) is 0 Å². The van der Waals surface area contributed by atoms with E-state index in [1.807, 2.05) is 6.07 Å². The Morgan fingerprint density at radius 2 is 1.93 bits per heavy atom. The lowest BCUT2D eigenvalue weighted by Crippen LogP contribution is -1.79. The van der Waals surface area contributed by atoms with Gasteiger partial charge in [0.05, 0.1) is 5.56 Å². The normalized spacial score (nSPS) is 9.71. The van der Waals surface area contributed by atoms with Crippen LogP contribution in [-0.4, -0.2) is 0 Å². The number of hydrogen-bond donors (Lipinski definition) is 0.